The average Bonchev–Trinajstić information content (AvgIpc) is 2.89. The van der Waals surface area contributed by atoms with Crippen LogP contribution < -0.4 is 16.0 Å². The van der Waals surface area contributed by atoms with Crippen molar-refractivity contribution < 1.29 is 19.8 Å². The van der Waals surface area contributed by atoms with Crippen molar-refractivity contribution >= 4 is 46.9 Å². The Balaban J connectivity index is 0.00000361. The molecule has 190 valence electrons. The number of hydrogen-bond donors (Lipinski definition) is 5. The number of aliphatic hydroxyl groups is 2. The second kappa shape index (κ2) is 12.9. The molecule has 7 nitrogen and oxygen atoms in total. The standard InChI is InChI=1S/C27H28ClN3O4.ClH/c28-12-18(32)15-30-22-10-11-23(31-16-19(33)14-29-13-17-6-2-1-3-7-17)25-24(22)26(34)20-8-4-5-9-21(20)27(25)35;/h1-11,18-19,29-33H,12-16H2;1H. The van der Waals surface area contributed by atoms with Gasteiger partial charge in [-0.3, -0.25) is 9.59 Å². The van der Waals surface area contributed by atoms with Crippen molar-refractivity contribution in [3.05, 3.63) is 94.5 Å². The van der Waals surface area contributed by atoms with Gasteiger partial charge in [0.05, 0.1) is 29.2 Å². The number of anilines is 2. The van der Waals surface area contributed by atoms with Crippen LogP contribution in [0.15, 0.2) is 66.7 Å². The highest BCUT2D eigenvalue weighted by atomic mass is 35.5. The number of rotatable bonds is 11. The number of ketones is 2. The Hall–Kier alpha value is -2.94. The third-order valence-electron chi connectivity index (χ3n) is 5.86. The molecule has 4 rings (SSSR count). The van der Waals surface area contributed by atoms with Crippen molar-refractivity contribution in [3.8, 4) is 0 Å². The predicted octanol–water partition coefficient (Wildman–Crippen LogP) is 3.46. The van der Waals surface area contributed by atoms with E-state index >= 15 is 0 Å². The molecule has 9 heteroatoms. The van der Waals surface area contributed by atoms with Crippen LogP contribution in [0.25, 0.3) is 0 Å². The second-order valence-corrected chi connectivity index (χ2v) is 8.76. The van der Waals surface area contributed by atoms with E-state index in [1.165, 1.54) is 0 Å². The number of aliphatic hydroxyl groups excluding tert-OH is 2. The summed E-state index contributed by atoms with van der Waals surface area (Å²) in [7, 11) is 0. The van der Waals surface area contributed by atoms with E-state index in [0.717, 1.165) is 5.56 Å². The van der Waals surface area contributed by atoms with E-state index in [-0.39, 0.29) is 54.1 Å². The highest BCUT2D eigenvalue weighted by Crippen LogP contribution is 2.36. The first-order valence-electron chi connectivity index (χ1n) is 11.5. The maximum atomic E-state index is 13.4. The Labute approximate surface area is 221 Å². The minimum Gasteiger partial charge on any atom is -0.390 e. The third kappa shape index (κ3) is 6.24. The summed E-state index contributed by atoms with van der Waals surface area (Å²) >= 11 is 5.70. The molecule has 36 heavy (non-hydrogen) atoms. The topological polar surface area (TPSA) is 111 Å². The molecule has 0 aliphatic heterocycles. The summed E-state index contributed by atoms with van der Waals surface area (Å²) in [6.07, 6.45) is -1.52. The summed E-state index contributed by atoms with van der Waals surface area (Å²) in [5.41, 5.74) is 3.22. The molecule has 0 fully saturated rings. The Bertz CT molecular complexity index is 1210. The number of fused-ring (bicyclic) bond motifs is 2. The number of hydrogen-bond acceptors (Lipinski definition) is 7. The van der Waals surface area contributed by atoms with E-state index in [1.807, 2.05) is 30.3 Å². The van der Waals surface area contributed by atoms with Crippen LogP contribution in [0.5, 0.6) is 0 Å². The number of benzene rings is 3. The van der Waals surface area contributed by atoms with Crippen LogP contribution in [-0.4, -0.2) is 59.5 Å². The van der Waals surface area contributed by atoms with Crippen molar-refractivity contribution in [2.24, 2.45) is 0 Å². The zero-order chi connectivity index (χ0) is 24.8. The number of halogens is 2. The van der Waals surface area contributed by atoms with Gasteiger partial charge in [-0.1, -0.05) is 54.6 Å². The summed E-state index contributed by atoms with van der Waals surface area (Å²) in [6, 6.07) is 20.0. The van der Waals surface area contributed by atoms with Crippen LogP contribution in [-0.2, 0) is 6.54 Å². The maximum Gasteiger partial charge on any atom is 0.196 e. The van der Waals surface area contributed by atoms with Gasteiger partial charge < -0.3 is 26.2 Å². The van der Waals surface area contributed by atoms with Gasteiger partial charge >= 0.3 is 0 Å². The first-order valence-corrected chi connectivity index (χ1v) is 12.0. The van der Waals surface area contributed by atoms with Crippen molar-refractivity contribution in [1.82, 2.24) is 5.32 Å². The van der Waals surface area contributed by atoms with E-state index in [0.29, 0.717) is 35.6 Å². The van der Waals surface area contributed by atoms with Gasteiger partial charge in [0, 0.05) is 48.7 Å². The Morgan fingerprint density at radius 3 is 1.72 bits per heavy atom. The molecule has 0 amide bonds. The molecule has 0 aromatic heterocycles. The van der Waals surface area contributed by atoms with E-state index in [1.54, 1.807) is 36.4 Å². The van der Waals surface area contributed by atoms with Crippen molar-refractivity contribution in [1.29, 1.82) is 0 Å². The Kier molecular flexibility index (Phi) is 9.87. The van der Waals surface area contributed by atoms with Crippen LogP contribution in [0.4, 0.5) is 11.4 Å². The Morgan fingerprint density at radius 1 is 0.694 bits per heavy atom. The largest absolute Gasteiger partial charge is 0.390 e. The summed E-state index contributed by atoms with van der Waals surface area (Å²) in [6.45, 7) is 1.31. The molecule has 2 atom stereocenters. The summed E-state index contributed by atoms with van der Waals surface area (Å²) in [5, 5.41) is 29.7. The predicted molar refractivity (Wildman–Crippen MR) is 145 cm³/mol. The fourth-order valence-corrected chi connectivity index (χ4v) is 4.19. The van der Waals surface area contributed by atoms with Crippen molar-refractivity contribution in [3.63, 3.8) is 0 Å². The fraction of sp³-hybridized carbons (Fsp3) is 0.259. The average molecular weight is 530 g/mol. The first kappa shape index (κ1) is 27.6. The monoisotopic (exact) mass is 529 g/mol. The minimum atomic E-state index is -0.801. The molecule has 3 aromatic carbocycles. The molecular weight excluding hydrogens is 501 g/mol. The lowest BCUT2D eigenvalue weighted by molar-refractivity contribution is 0.0980. The van der Waals surface area contributed by atoms with E-state index in [2.05, 4.69) is 16.0 Å². The lowest BCUT2D eigenvalue weighted by Crippen LogP contribution is -2.33. The Morgan fingerprint density at radius 2 is 1.19 bits per heavy atom. The quantitative estimate of drug-likeness (QED) is 0.189. The lowest BCUT2D eigenvalue weighted by atomic mass is 9.82. The fourth-order valence-electron chi connectivity index (χ4n) is 4.08. The summed E-state index contributed by atoms with van der Waals surface area (Å²) in [5.74, 6) is -0.497. The van der Waals surface area contributed by atoms with Gasteiger partial charge in [-0.2, -0.15) is 0 Å². The summed E-state index contributed by atoms with van der Waals surface area (Å²) in [4.78, 5) is 26.8. The van der Waals surface area contributed by atoms with Gasteiger partial charge in [-0.05, 0) is 17.7 Å². The van der Waals surface area contributed by atoms with Gasteiger partial charge in [0.1, 0.15) is 0 Å². The first-order chi connectivity index (χ1) is 17.0. The van der Waals surface area contributed by atoms with Gasteiger partial charge in [0.25, 0.3) is 0 Å². The highest BCUT2D eigenvalue weighted by molar-refractivity contribution is 6.31. The third-order valence-corrected chi connectivity index (χ3v) is 6.22. The zero-order valence-electron chi connectivity index (χ0n) is 19.5. The SMILES string of the molecule is Cl.O=C1c2ccccc2C(=O)c2c(NCC(O)CNCc3ccccc3)ccc(NCC(O)CCl)c21. The van der Waals surface area contributed by atoms with E-state index < -0.39 is 12.2 Å². The van der Waals surface area contributed by atoms with Crippen molar-refractivity contribution in [2.45, 2.75) is 18.8 Å². The van der Waals surface area contributed by atoms with Crippen LogP contribution in [0.1, 0.15) is 37.4 Å². The molecular formula is C27H29Cl2N3O4. The number of carbonyl (C=O) groups is 2. The van der Waals surface area contributed by atoms with Crippen LogP contribution >= 0.6 is 24.0 Å². The van der Waals surface area contributed by atoms with E-state index in [9.17, 15) is 19.8 Å². The molecule has 0 heterocycles. The van der Waals surface area contributed by atoms with Crippen LogP contribution in [0, 0.1) is 0 Å². The zero-order valence-corrected chi connectivity index (χ0v) is 21.1. The molecule has 0 spiro atoms. The van der Waals surface area contributed by atoms with Gasteiger partial charge in [0.2, 0.25) is 0 Å². The molecule has 0 saturated carbocycles. The second-order valence-electron chi connectivity index (χ2n) is 8.45. The molecule has 1 aliphatic carbocycles. The van der Waals surface area contributed by atoms with Gasteiger partial charge in [0.15, 0.2) is 11.6 Å². The normalized spacial score (nSPS) is 13.8. The molecule has 1 aliphatic rings. The number of nitrogens with one attached hydrogen (secondary N) is 3. The molecule has 5 N–H and O–H groups in total. The maximum absolute atomic E-state index is 13.4. The van der Waals surface area contributed by atoms with E-state index in [4.69, 9.17) is 11.6 Å². The molecule has 2 unspecified atom stereocenters. The van der Waals surface area contributed by atoms with Gasteiger partial charge in [-0.15, -0.1) is 24.0 Å². The molecule has 0 radical (unpaired) electrons. The minimum absolute atomic E-state index is 0. The number of carbonyl (C=O) groups excluding carboxylic acids is 2. The van der Waals surface area contributed by atoms with Crippen LogP contribution in [0.2, 0.25) is 0 Å². The molecule has 0 saturated heterocycles. The summed E-state index contributed by atoms with van der Waals surface area (Å²) < 4.78 is 0. The molecule has 0 bridgehead atoms. The number of alkyl halides is 1. The van der Waals surface area contributed by atoms with Crippen LogP contribution in [0.3, 0.4) is 0 Å². The molecule has 3 aromatic rings. The lowest BCUT2D eigenvalue weighted by Gasteiger charge is -2.25. The smallest absolute Gasteiger partial charge is 0.196 e. The van der Waals surface area contributed by atoms with Gasteiger partial charge in [-0.25, -0.2) is 0 Å². The van der Waals surface area contributed by atoms with Crippen molar-refractivity contribution in [2.75, 3.05) is 36.1 Å². The highest BCUT2D eigenvalue weighted by Gasteiger charge is 2.34.